The summed E-state index contributed by atoms with van der Waals surface area (Å²) in [4.78, 5) is 9.08. The van der Waals surface area contributed by atoms with Gasteiger partial charge in [-0.3, -0.25) is 4.68 Å². The summed E-state index contributed by atoms with van der Waals surface area (Å²) in [5.74, 6) is 4.12. The Bertz CT molecular complexity index is 707. The maximum absolute atomic E-state index is 5.31. The fraction of sp³-hybridized carbons (Fsp3) is 0.308. The number of hydrogen-bond donors (Lipinski definition) is 1. The van der Waals surface area contributed by atoms with Crippen LogP contribution in [0.2, 0.25) is 0 Å². The molecule has 3 heterocycles. The van der Waals surface area contributed by atoms with Gasteiger partial charge in [-0.2, -0.15) is 5.10 Å². The van der Waals surface area contributed by atoms with Crippen molar-refractivity contribution in [1.29, 1.82) is 0 Å². The van der Waals surface area contributed by atoms with Crippen molar-refractivity contribution < 1.29 is 4.42 Å². The molecule has 1 N–H and O–H groups in total. The number of furan rings is 1. The maximum atomic E-state index is 5.31. The first-order chi connectivity index (χ1) is 9.78. The van der Waals surface area contributed by atoms with E-state index in [1.165, 1.54) is 0 Å². The molecule has 20 heavy (non-hydrogen) atoms. The van der Waals surface area contributed by atoms with Crippen LogP contribution in [0.3, 0.4) is 0 Å². The van der Waals surface area contributed by atoms with Gasteiger partial charge in [-0.25, -0.2) is 9.97 Å². The van der Waals surface area contributed by atoms with Gasteiger partial charge in [-0.1, -0.05) is 0 Å². The van der Waals surface area contributed by atoms with Crippen LogP contribution in [0.25, 0.3) is 11.0 Å². The number of nitrogens with zero attached hydrogens (tertiary/aromatic N) is 4. The Hall–Kier alpha value is -2.02. The Labute approximate surface area is 120 Å². The lowest BCUT2D eigenvalue weighted by Gasteiger charge is -2.05. The van der Waals surface area contributed by atoms with Crippen LogP contribution in [0.4, 0.5) is 5.82 Å². The van der Waals surface area contributed by atoms with Crippen molar-refractivity contribution in [2.45, 2.75) is 11.5 Å². The Morgan fingerprint density at radius 1 is 1.35 bits per heavy atom. The highest BCUT2D eigenvalue weighted by atomic mass is 32.2. The lowest BCUT2D eigenvalue weighted by atomic mass is 10.4. The molecular formula is C13H15N5OS. The molecule has 0 spiro atoms. The van der Waals surface area contributed by atoms with Gasteiger partial charge in [0.05, 0.1) is 29.4 Å². The van der Waals surface area contributed by atoms with E-state index in [4.69, 9.17) is 4.42 Å². The summed E-state index contributed by atoms with van der Waals surface area (Å²) in [6.07, 6.45) is 3.47. The number of aromatic nitrogens is 4. The minimum absolute atomic E-state index is 0.733. The van der Waals surface area contributed by atoms with Crippen molar-refractivity contribution in [1.82, 2.24) is 19.7 Å². The summed E-state index contributed by atoms with van der Waals surface area (Å²) in [5, 5.41) is 8.25. The zero-order valence-electron chi connectivity index (χ0n) is 11.3. The molecule has 0 radical (unpaired) electrons. The summed E-state index contributed by atoms with van der Waals surface area (Å²) in [6, 6.07) is 3.87. The first-order valence-corrected chi connectivity index (χ1v) is 7.40. The van der Waals surface area contributed by atoms with E-state index in [2.05, 4.69) is 20.4 Å². The van der Waals surface area contributed by atoms with Crippen LogP contribution >= 0.6 is 11.8 Å². The molecule has 0 amide bonds. The molecule has 0 saturated heterocycles. The fourth-order valence-corrected chi connectivity index (χ4v) is 2.74. The van der Waals surface area contributed by atoms with Gasteiger partial charge in [0.15, 0.2) is 5.65 Å². The molecule has 6 nitrogen and oxygen atoms in total. The van der Waals surface area contributed by atoms with Gasteiger partial charge in [-0.15, -0.1) is 11.8 Å². The monoisotopic (exact) mass is 289 g/mol. The topological polar surface area (TPSA) is 68.8 Å². The standard InChI is InChI=1S/C13H15N5OS/c1-14-12-10-6-15-18(2)13(10)17-11(16-12)8-20-7-9-4-3-5-19-9/h3-6H,7-8H2,1-2H3,(H,14,16,17). The zero-order valence-corrected chi connectivity index (χ0v) is 12.1. The Morgan fingerprint density at radius 3 is 3.00 bits per heavy atom. The number of nitrogens with one attached hydrogen (secondary N) is 1. The maximum Gasteiger partial charge on any atom is 0.163 e. The molecule has 0 aliphatic carbocycles. The third-order valence-corrected chi connectivity index (χ3v) is 3.88. The number of thioether (sulfide) groups is 1. The van der Waals surface area contributed by atoms with E-state index in [9.17, 15) is 0 Å². The molecule has 0 aromatic carbocycles. The van der Waals surface area contributed by atoms with Crippen molar-refractivity contribution >= 4 is 28.6 Å². The predicted molar refractivity (Wildman–Crippen MR) is 79.6 cm³/mol. The van der Waals surface area contributed by atoms with Crippen LogP contribution in [0.5, 0.6) is 0 Å². The van der Waals surface area contributed by atoms with E-state index in [0.29, 0.717) is 0 Å². The van der Waals surface area contributed by atoms with Crippen LogP contribution in [0.1, 0.15) is 11.6 Å². The molecule has 0 saturated carbocycles. The Morgan fingerprint density at radius 2 is 2.25 bits per heavy atom. The average Bonchev–Trinajstić information content (AvgIpc) is 3.09. The van der Waals surface area contributed by atoms with Crippen molar-refractivity contribution in [2.75, 3.05) is 12.4 Å². The summed E-state index contributed by atoms with van der Waals surface area (Å²) in [6.45, 7) is 0. The molecule has 0 bridgehead atoms. The number of rotatable bonds is 5. The van der Waals surface area contributed by atoms with Gasteiger partial charge >= 0.3 is 0 Å². The highest BCUT2D eigenvalue weighted by Crippen LogP contribution is 2.22. The Balaban J connectivity index is 1.78. The molecule has 0 fully saturated rings. The predicted octanol–water partition coefficient (Wildman–Crippen LogP) is 2.43. The second-order valence-electron chi connectivity index (χ2n) is 4.32. The number of fused-ring (bicyclic) bond motifs is 1. The molecular weight excluding hydrogens is 274 g/mol. The van der Waals surface area contributed by atoms with Crippen LogP contribution < -0.4 is 5.32 Å². The lowest BCUT2D eigenvalue weighted by Crippen LogP contribution is -2.02. The molecule has 104 valence electrons. The molecule has 0 unspecified atom stereocenters. The van der Waals surface area contributed by atoms with Crippen LogP contribution in [0, 0.1) is 0 Å². The highest BCUT2D eigenvalue weighted by molar-refractivity contribution is 7.97. The second-order valence-corrected chi connectivity index (χ2v) is 5.30. The van der Waals surface area contributed by atoms with E-state index in [-0.39, 0.29) is 0 Å². The first kappa shape index (κ1) is 13.0. The molecule has 7 heteroatoms. The molecule has 0 aliphatic rings. The zero-order chi connectivity index (χ0) is 13.9. The molecule has 3 aromatic heterocycles. The van der Waals surface area contributed by atoms with Gasteiger partial charge in [0, 0.05) is 14.1 Å². The first-order valence-electron chi connectivity index (χ1n) is 6.24. The number of aryl methyl sites for hydroxylation is 1. The second kappa shape index (κ2) is 5.54. The quantitative estimate of drug-likeness (QED) is 0.778. The average molecular weight is 289 g/mol. The molecule has 3 aromatic rings. The summed E-state index contributed by atoms with van der Waals surface area (Å²) in [7, 11) is 3.74. The third kappa shape index (κ3) is 2.49. The minimum Gasteiger partial charge on any atom is -0.468 e. The van der Waals surface area contributed by atoms with Gasteiger partial charge in [0.1, 0.15) is 17.4 Å². The van der Waals surface area contributed by atoms with Gasteiger partial charge in [-0.05, 0) is 12.1 Å². The van der Waals surface area contributed by atoms with E-state index >= 15 is 0 Å². The number of hydrogen-bond acceptors (Lipinski definition) is 6. The lowest BCUT2D eigenvalue weighted by molar-refractivity contribution is 0.530. The van der Waals surface area contributed by atoms with Crippen molar-refractivity contribution in [3.05, 3.63) is 36.2 Å². The molecule has 3 rings (SSSR count). The molecule has 0 aliphatic heterocycles. The normalized spacial score (nSPS) is 11.1. The van der Waals surface area contributed by atoms with Gasteiger partial charge in [0.25, 0.3) is 0 Å². The molecule has 0 atom stereocenters. The summed E-state index contributed by atoms with van der Waals surface area (Å²) in [5.41, 5.74) is 0.845. The van der Waals surface area contributed by atoms with E-state index < -0.39 is 0 Å². The van der Waals surface area contributed by atoms with Gasteiger partial charge in [0.2, 0.25) is 0 Å². The fourth-order valence-electron chi connectivity index (χ4n) is 1.96. The summed E-state index contributed by atoms with van der Waals surface area (Å²) >= 11 is 1.72. The van der Waals surface area contributed by atoms with Crippen molar-refractivity contribution in [3.8, 4) is 0 Å². The SMILES string of the molecule is CNc1nc(CSCc2ccco2)nc2c1cnn2C. The van der Waals surface area contributed by atoms with Crippen LogP contribution in [-0.2, 0) is 18.6 Å². The number of anilines is 1. The van der Waals surface area contributed by atoms with E-state index in [0.717, 1.165) is 39.9 Å². The third-order valence-electron chi connectivity index (χ3n) is 2.93. The van der Waals surface area contributed by atoms with E-state index in [1.54, 1.807) is 28.9 Å². The van der Waals surface area contributed by atoms with Crippen molar-refractivity contribution in [3.63, 3.8) is 0 Å². The van der Waals surface area contributed by atoms with Gasteiger partial charge < -0.3 is 9.73 Å². The van der Waals surface area contributed by atoms with Crippen LogP contribution in [0.15, 0.2) is 29.0 Å². The Kier molecular flexibility index (Phi) is 3.60. The minimum atomic E-state index is 0.733. The van der Waals surface area contributed by atoms with E-state index in [1.807, 2.05) is 26.2 Å². The van der Waals surface area contributed by atoms with Crippen molar-refractivity contribution in [2.24, 2.45) is 7.05 Å². The summed E-state index contributed by atoms with van der Waals surface area (Å²) < 4.78 is 7.07. The van der Waals surface area contributed by atoms with Crippen LogP contribution in [-0.4, -0.2) is 26.8 Å². The smallest absolute Gasteiger partial charge is 0.163 e. The highest BCUT2D eigenvalue weighted by Gasteiger charge is 2.10. The largest absolute Gasteiger partial charge is 0.468 e.